The molecule has 0 saturated carbocycles. The van der Waals surface area contributed by atoms with Gasteiger partial charge in [-0.15, -0.1) is 11.3 Å². The van der Waals surface area contributed by atoms with Gasteiger partial charge in [-0.2, -0.15) is 0 Å². The summed E-state index contributed by atoms with van der Waals surface area (Å²) in [6.07, 6.45) is 0.834. The van der Waals surface area contributed by atoms with Crippen molar-refractivity contribution in [2.24, 2.45) is 0 Å². The molecule has 98 valence electrons. The standard InChI is InChI=1S/C14H12FNO2S/c15-10-1-2-11(12(17)7-10)14(18)16-5-3-13-9(8-16)4-6-19-13/h1-2,4,6-7,17H,3,5,8H2. The summed E-state index contributed by atoms with van der Waals surface area (Å²) in [5, 5.41) is 11.7. The molecule has 1 N–H and O–H groups in total. The van der Waals surface area contributed by atoms with E-state index in [0.717, 1.165) is 18.1 Å². The number of carbonyl (C=O) groups is 1. The molecule has 0 unspecified atom stereocenters. The van der Waals surface area contributed by atoms with Crippen LogP contribution in [0.2, 0.25) is 0 Å². The molecule has 2 heterocycles. The molecule has 1 aliphatic heterocycles. The zero-order chi connectivity index (χ0) is 13.4. The minimum Gasteiger partial charge on any atom is -0.507 e. The second-order valence-corrected chi connectivity index (χ2v) is 5.51. The van der Waals surface area contributed by atoms with Gasteiger partial charge >= 0.3 is 0 Å². The van der Waals surface area contributed by atoms with Crippen molar-refractivity contribution in [2.75, 3.05) is 6.54 Å². The van der Waals surface area contributed by atoms with Gasteiger partial charge in [-0.25, -0.2) is 4.39 Å². The highest BCUT2D eigenvalue weighted by Gasteiger charge is 2.24. The quantitative estimate of drug-likeness (QED) is 0.870. The van der Waals surface area contributed by atoms with Gasteiger partial charge in [0.05, 0.1) is 5.56 Å². The first kappa shape index (κ1) is 12.2. The highest BCUT2D eigenvalue weighted by molar-refractivity contribution is 7.10. The summed E-state index contributed by atoms with van der Waals surface area (Å²) in [5.41, 5.74) is 1.31. The number of thiophene rings is 1. The van der Waals surface area contributed by atoms with E-state index in [0.29, 0.717) is 13.1 Å². The highest BCUT2D eigenvalue weighted by atomic mass is 32.1. The fourth-order valence-electron chi connectivity index (χ4n) is 2.28. The number of hydrogen-bond donors (Lipinski definition) is 1. The summed E-state index contributed by atoms with van der Waals surface area (Å²) in [5.74, 6) is -1.11. The molecule has 3 rings (SSSR count). The number of fused-ring (bicyclic) bond motifs is 1. The normalized spacial score (nSPS) is 14.3. The first-order valence-electron chi connectivity index (χ1n) is 5.98. The molecule has 5 heteroatoms. The third-order valence-electron chi connectivity index (χ3n) is 3.29. The number of nitrogens with zero attached hydrogens (tertiary/aromatic N) is 1. The van der Waals surface area contributed by atoms with Gasteiger partial charge in [-0.3, -0.25) is 4.79 Å². The molecule has 2 aromatic rings. The second kappa shape index (κ2) is 4.66. The van der Waals surface area contributed by atoms with Gasteiger partial charge in [0.15, 0.2) is 0 Å². The molecule has 1 amide bonds. The number of amides is 1. The number of phenols is 1. The topological polar surface area (TPSA) is 40.5 Å². The van der Waals surface area contributed by atoms with Crippen LogP contribution in [0.15, 0.2) is 29.6 Å². The summed E-state index contributed by atoms with van der Waals surface area (Å²) >= 11 is 1.70. The van der Waals surface area contributed by atoms with Gasteiger partial charge in [0, 0.05) is 24.0 Å². The number of carbonyl (C=O) groups excluding carboxylic acids is 1. The minimum atomic E-state index is -0.548. The molecular formula is C14H12FNO2S. The van der Waals surface area contributed by atoms with Crippen molar-refractivity contribution in [3.63, 3.8) is 0 Å². The van der Waals surface area contributed by atoms with Crippen LogP contribution >= 0.6 is 11.3 Å². The smallest absolute Gasteiger partial charge is 0.257 e. The molecule has 1 aliphatic rings. The number of phenolic OH excluding ortho intramolecular Hbond substituents is 1. The van der Waals surface area contributed by atoms with Crippen LogP contribution < -0.4 is 0 Å². The average Bonchev–Trinajstić information content (AvgIpc) is 2.85. The van der Waals surface area contributed by atoms with Crippen molar-refractivity contribution in [3.8, 4) is 5.75 Å². The Labute approximate surface area is 113 Å². The lowest BCUT2D eigenvalue weighted by molar-refractivity contribution is 0.0732. The van der Waals surface area contributed by atoms with E-state index in [1.54, 1.807) is 16.2 Å². The van der Waals surface area contributed by atoms with Crippen molar-refractivity contribution in [1.29, 1.82) is 0 Å². The highest BCUT2D eigenvalue weighted by Crippen LogP contribution is 2.27. The van der Waals surface area contributed by atoms with E-state index in [4.69, 9.17) is 0 Å². The van der Waals surface area contributed by atoms with Crippen LogP contribution in [0.3, 0.4) is 0 Å². The summed E-state index contributed by atoms with van der Waals surface area (Å²) in [7, 11) is 0. The third-order valence-corrected chi connectivity index (χ3v) is 4.31. The van der Waals surface area contributed by atoms with Gasteiger partial charge < -0.3 is 10.0 Å². The number of benzene rings is 1. The molecule has 1 aromatic heterocycles. The van der Waals surface area contributed by atoms with E-state index in [-0.39, 0.29) is 17.2 Å². The number of aromatic hydroxyl groups is 1. The molecule has 1 aromatic carbocycles. The van der Waals surface area contributed by atoms with Crippen molar-refractivity contribution in [3.05, 3.63) is 51.5 Å². The van der Waals surface area contributed by atoms with E-state index in [2.05, 4.69) is 0 Å². The molecule has 3 nitrogen and oxygen atoms in total. The lowest BCUT2D eigenvalue weighted by atomic mass is 10.1. The van der Waals surface area contributed by atoms with Crippen molar-refractivity contribution < 1.29 is 14.3 Å². The monoisotopic (exact) mass is 277 g/mol. The van der Waals surface area contributed by atoms with Crippen LogP contribution in [0, 0.1) is 5.82 Å². The van der Waals surface area contributed by atoms with Gasteiger partial charge in [0.25, 0.3) is 5.91 Å². The van der Waals surface area contributed by atoms with Crippen molar-refractivity contribution >= 4 is 17.2 Å². The van der Waals surface area contributed by atoms with Crippen molar-refractivity contribution in [2.45, 2.75) is 13.0 Å². The Morgan fingerprint density at radius 1 is 1.37 bits per heavy atom. The zero-order valence-corrected chi connectivity index (χ0v) is 10.9. The van der Waals surface area contributed by atoms with E-state index in [9.17, 15) is 14.3 Å². The van der Waals surface area contributed by atoms with E-state index < -0.39 is 5.82 Å². The Morgan fingerprint density at radius 2 is 2.21 bits per heavy atom. The lowest BCUT2D eigenvalue weighted by Gasteiger charge is -2.27. The van der Waals surface area contributed by atoms with Gasteiger partial charge in [0.2, 0.25) is 0 Å². The summed E-state index contributed by atoms with van der Waals surface area (Å²) in [6, 6.07) is 5.50. The lowest BCUT2D eigenvalue weighted by Crippen LogP contribution is -2.35. The Bertz CT molecular complexity index is 638. The largest absolute Gasteiger partial charge is 0.507 e. The van der Waals surface area contributed by atoms with E-state index in [1.165, 1.54) is 17.0 Å². The van der Waals surface area contributed by atoms with E-state index in [1.807, 2.05) is 11.4 Å². The summed E-state index contributed by atoms with van der Waals surface area (Å²) in [4.78, 5) is 15.3. The fraction of sp³-hybridized carbons (Fsp3) is 0.214. The Morgan fingerprint density at radius 3 is 3.00 bits per heavy atom. The number of rotatable bonds is 1. The summed E-state index contributed by atoms with van der Waals surface area (Å²) < 4.78 is 12.9. The Kier molecular flexibility index (Phi) is 2.98. The molecule has 0 saturated heterocycles. The van der Waals surface area contributed by atoms with Crippen LogP contribution in [-0.4, -0.2) is 22.5 Å². The molecule has 0 aliphatic carbocycles. The van der Waals surface area contributed by atoms with E-state index >= 15 is 0 Å². The Balaban J connectivity index is 1.85. The number of halogens is 1. The van der Waals surface area contributed by atoms with Crippen LogP contribution in [0.25, 0.3) is 0 Å². The maximum Gasteiger partial charge on any atom is 0.257 e. The van der Waals surface area contributed by atoms with Gasteiger partial charge in [-0.05, 0) is 35.6 Å². The van der Waals surface area contributed by atoms with Crippen molar-refractivity contribution in [1.82, 2.24) is 4.90 Å². The minimum absolute atomic E-state index is 0.153. The molecule has 0 radical (unpaired) electrons. The molecule has 0 atom stereocenters. The van der Waals surface area contributed by atoms with Crippen LogP contribution in [0.1, 0.15) is 20.8 Å². The second-order valence-electron chi connectivity index (χ2n) is 4.51. The zero-order valence-electron chi connectivity index (χ0n) is 10.1. The van der Waals surface area contributed by atoms with Crippen LogP contribution in [0.4, 0.5) is 4.39 Å². The first-order valence-corrected chi connectivity index (χ1v) is 6.86. The SMILES string of the molecule is O=C(c1ccc(F)cc1O)N1CCc2sccc2C1. The molecular weight excluding hydrogens is 265 g/mol. The molecule has 0 spiro atoms. The summed E-state index contributed by atoms with van der Waals surface area (Å²) in [6.45, 7) is 1.18. The van der Waals surface area contributed by atoms with Gasteiger partial charge in [-0.1, -0.05) is 0 Å². The first-order chi connectivity index (χ1) is 9.15. The molecule has 19 heavy (non-hydrogen) atoms. The molecule has 0 fully saturated rings. The number of hydrogen-bond acceptors (Lipinski definition) is 3. The Hall–Kier alpha value is -1.88. The predicted octanol–water partition coefficient (Wildman–Crippen LogP) is 2.79. The fourth-order valence-corrected chi connectivity index (χ4v) is 3.17. The third kappa shape index (κ3) is 2.21. The van der Waals surface area contributed by atoms with Gasteiger partial charge in [0.1, 0.15) is 11.6 Å². The molecule has 0 bridgehead atoms. The average molecular weight is 277 g/mol. The van der Waals surface area contributed by atoms with Crippen LogP contribution in [0.5, 0.6) is 5.75 Å². The maximum atomic E-state index is 12.9. The maximum absolute atomic E-state index is 12.9. The van der Waals surface area contributed by atoms with Crippen LogP contribution in [-0.2, 0) is 13.0 Å². The predicted molar refractivity (Wildman–Crippen MR) is 70.8 cm³/mol.